The molecule has 1 N–H and O–H groups in total. The number of hydrogen-bond donors (Lipinski definition) is 1. The number of aromatic nitrogens is 2. The molecule has 3 rings (SSSR count). The highest BCUT2D eigenvalue weighted by Gasteiger charge is 2.13. The van der Waals surface area contributed by atoms with Gasteiger partial charge in [0.25, 0.3) is 5.91 Å². The summed E-state index contributed by atoms with van der Waals surface area (Å²) in [6.45, 7) is 6.90. The molecule has 6 nitrogen and oxygen atoms in total. The molecule has 0 atom stereocenters. The van der Waals surface area contributed by atoms with E-state index in [1.54, 1.807) is 24.3 Å². The molecule has 0 aliphatic rings. The van der Waals surface area contributed by atoms with Crippen molar-refractivity contribution in [1.29, 1.82) is 0 Å². The summed E-state index contributed by atoms with van der Waals surface area (Å²) >= 11 is 0. The molecule has 146 valence electrons. The van der Waals surface area contributed by atoms with E-state index in [9.17, 15) is 4.79 Å². The van der Waals surface area contributed by atoms with Gasteiger partial charge < -0.3 is 9.15 Å². The molecule has 0 spiro atoms. The number of rotatable bonds is 8. The third-order valence-electron chi connectivity index (χ3n) is 4.41. The molecule has 0 bridgehead atoms. The summed E-state index contributed by atoms with van der Waals surface area (Å²) in [5.74, 6) is 0.905. The molecule has 28 heavy (non-hydrogen) atoms. The van der Waals surface area contributed by atoms with E-state index in [1.165, 1.54) is 11.1 Å². The van der Waals surface area contributed by atoms with Crippen LogP contribution in [-0.2, 0) is 6.42 Å². The van der Waals surface area contributed by atoms with Crippen LogP contribution in [0.4, 0.5) is 6.01 Å². The molecule has 0 aliphatic carbocycles. The first-order chi connectivity index (χ1) is 13.5. The Labute approximate surface area is 164 Å². The molecule has 3 aromatic rings. The maximum absolute atomic E-state index is 12.4. The van der Waals surface area contributed by atoms with Crippen molar-refractivity contribution < 1.29 is 13.9 Å². The molecule has 2 aromatic carbocycles. The lowest BCUT2D eigenvalue weighted by molar-refractivity contribution is 0.102. The van der Waals surface area contributed by atoms with Gasteiger partial charge in [-0.3, -0.25) is 10.1 Å². The van der Waals surface area contributed by atoms with Crippen LogP contribution in [0.25, 0.3) is 0 Å². The molecule has 1 amide bonds. The van der Waals surface area contributed by atoms with Crippen LogP contribution < -0.4 is 10.1 Å². The molecule has 0 saturated carbocycles. The van der Waals surface area contributed by atoms with E-state index in [0.29, 0.717) is 24.5 Å². The minimum Gasteiger partial charge on any atom is -0.494 e. The number of anilines is 1. The number of aryl methyl sites for hydroxylation is 2. The Hall–Kier alpha value is -3.15. The molecule has 0 radical (unpaired) electrons. The van der Waals surface area contributed by atoms with E-state index < -0.39 is 0 Å². The van der Waals surface area contributed by atoms with Crippen molar-refractivity contribution in [2.45, 2.75) is 40.0 Å². The first kappa shape index (κ1) is 19.6. The molecule has 0 saturated heterocycles. The highest BCUT2D eigenvalue weighted by molar-refractivity contribution is 6.03. The second kappa shape index (κ2) is 9.17. The first-order valence-electron chi connectivity index (χ1n) is 9.48. The zero-order valence-corrected chi connectivity index (χ0v) is 16.5. The monoisotopic (exact) mass is 379 g/mol. The third-order valence-corrected chi connectivity index (χ3v) is 4.41. The number of hydrogen-bond acceptors (Lipinski definition) is 5. The highest BCUT2D eigenvalue weighted by Crippen LogP contribution is 2.17. The number of carbonyl (C=O) groups excluding carboxylic acids is 1. The maximum atomic E-state index is 12.4. The fraction of sp³-hybridized carbons (Fsp3) is 0.318. The maximum Gasteiger partial charge on any atom is 0.322 e. The van der Waals surface area contributed by atoms with Crippen molar-refractivity contribution in [1.82, 2.24) is 10.2 Å². The average Bonchev–Trinajstić information content (AvgIpc) is 3.12. The van der Waals surface area contributed by atoms with Crippen LogP contribution in [-0.4, -0.2) is 22.7 Å². The van der Waals surface area contributed by atoms with Gasteiger partial charge in [0.1, 0.15) is 5.75 Å². The zero-order chi connectivity index (χ0) is 19.9. The van der Waals surface area contributed by atoms with Crippen molar-refractivity contribution in [2.24, 2.45) is 0 Å². The molecule has 0 fully saturated rings. The van der Waals surface area contributed by atoms with Crippen LogP contribution in [0.1, 0.15) is 52.7 Å². The van der Waals surface area contributed by atoms with Crippen molar-refractivity contribution >= 4 is 11.9 Å². The Morgan fingerprint density at radius 2 is 1.89 bits per heavy atom. The fourth-order valence-electron chi connectivity index (χ4n) is 2.79. The third kappa shape index (κ3) is 5.19. The Bertz CT molecular complexity index is 932. The van der Waals surface area contributed by atoms with Gasteiger partial charge in [0, 0.05) is 5.56 Å². The van der Waals surface area contributed by atoms with Gasteiger partial charge in [-0.05, 0) is 55.7 Å². The molecular weight excluding hydrogens is 354 g/mol. The van der Waals surface area contributed by atoms with Crippen LogP contribution in [0.5, 0.6) is 5.75 Å². The number of ether oxygens (including phenoxy) is 1. The van der Waals surface area contributed by atoms with E-state index >= 15 is 0 Å². The zero-order valence-electron chi connectivity index (χ0n) is 16.5. The van der Waals surface area contributed by atoms with Gasteiger partial charge in [0.2, 0.25) is 5.89 Å². The SMILES string of the molecule is CCCCOc1ccc(C(=O)Nc2nnc(Cc3ccc(C)cc3C)o2)cc1. The van der Waals surface area contributed by atoms with Gasteiger partial charge in [0.15, 0.2) is 0 Å². The lowest BCUT2D eigenvalue weighted by Crippen LogP contribution is -2.12. The summed E-state index contributed by atoms with van der Waals surface area (Å²) in [7, 11) is 0. The summed E-state index contributed by atoms with van der Waals surface area (Å²) in [5.41, 5.74) is 3.99. The Kier molecular flexibility index (Phi) is 6.42. The molecule has 1 heterocycles. The first-order valence-corrected chi connectivity index (χ1v) is 9.48. The Balaban J connectivity index is 1.59. The minimum atomic E-state index is -0.304. The van der Waals surface area contributed by atoms with Gasteiger partial charge >= 0.3 is 6.01 Å². The molecule has 1 aromatic heterocycles. The smallest absolute Gasteiger partial charge is 0.322 e. The van der Waals surface area contributed by atoms with Crippen molar-refractivity contribution in [3.63, 3.8) is 0 Å². The normalized spacial score (nSPS) is 10.7. The van der Waals surface area contributed by atoms with Crippen LogP contribution in [0.2, 0.25) is 0 Å². The summed E-state index contributed by atoms with van der Waals surface area (Å²) in [6.07, 6.45) is 2.61. The van der Waals surface area contributed by atoms with Crippen LogP contribution in [0, 0.1) is 13.8 Å². The second-order valence-electron chi connectivity index (χ2n) is 6.79. The lowest BCUT2D eigenvalue weighted by atomic mass is 10.0. The van der Waals surface area contributed by atoms with Gasteiger partial charge in [-0.2, -0.15) is 0 Å². The Morgan fingerprint density at radius 1 is 1.11 bits per heavy atom. The molecule has 0 unspecified atom stereocenters. The number of nitrogens with zero attached hydrogens (tertiary/aromatic N) is 2. The number of benzene rings is 2. The summed E-state index contributed by atoms with van der Waals surface area (Å²) in [4.78, 5) is 12.4. The van der Waals surface area contributed by atoms with Crippen LogP contribution >= 0.6 is 0 Å². The van der Waals surface area contributed by atoms with E-state index in [4.69, 9.17) is 9.15 Å². The van der Waals surface area contributed by atoms with Crippen molar-refractivity contribution in [3.8, 4) is 5.75 Å². The van der Waals surface area contributed by atoms with E-state index in [2.05, 4.69) is 54.5 Å². The van der Waals surface area contributed by atoms with E-state index in [-0.39, 0.29) is 11.9 Å². The van der Waals surface area contributed by atoms with Gasteiger partial charge in [-0.15, -0.1) is 5.10 Å². The lowest BCUT2D eigenvalue weighted by Gasteiger charge is -2.06. The Morgan fingerprint density at radius 3 is 2.61 bits per heavy atom. The summed E-state index contributed by atoms with van der Waals surface area (Å²) in [6, 6.07) is 13.3. The van der Waals surface area contributed by atoms with Gasteiger partial charge in [-0.25, -0.2) is 0 Å². The highest BCUT2D eigenvalue weighted by atomic mass is 16.5. The fourth-order valence-corrected chi connectivity index (χ4v) is 2.79. The van der Waals surface area contributed by atoms with Crippen molar-refractivity contribution in [3.05, 3.63) is 70.6 Å². The number of carbonyl (C=O) groups is 1. The number of unbranched alkanes of at least 4 members (excludes halogenated alkanes) is 1. The summed E-state index contributed by atoms with van der Waals surface area (Å²) in [5, 5.41) is 10.6. The quantitative estimate of drug-likeness (QED) is 0.574. The van der Waals surface area contributed by atoms with Crippen molar-refractivity contribution in [2.75, 3.05) is 11.9 Å². The van der Waals surface area contributed by atoms with Crippen LogP contribution in [0.15, 0.2) is 46.9 Å². The number of nitrogens with one attached hydrogen (secondary N) is 1. The summed E-state index contributed by atoms with van der Waals surface area (Å²) < 4.78 is 11.2. The number of amides is 1. The standard InChI is InChI=1S/C22H25N3O3/c1-4-5-12-27-19-10-8-17(9-11-19)21(26)23-22-25-24-20(28-22)14-18-7-6-15(2)13-16(18)3/h6-11,13H,4-5,12,14H2,1-3H3,(H,23,25,26). The van der Waals surface area contributed by atoms with Gasteiger partial charge in [0.05, 0.1) is 13.0 Å². The molecule has 6 heteroatoms. The van der Waals surface area contributed by atoms with Gasteiger partial charge in [-0.1, -0.05) is 42.2 Å². The van der Waals surface area contributed by atoms with E-state index in [0.717, 1.165) is 24.2 Å². The largest absolute Gasteiger partial charge is 0.494 e. The predicted molar refractivity (Wildman–Crippen MR) is 108 cm³/mol. The molecule has 0 aliphatic heterocycles. The minimum absolute atomic E-state index is 0.0908. The van der Waals surface area contributed by atoms with E-state index in [1.807, 2.05) is 0 Å². The molecular formula is C22H25N3O3. The predicted octanol–water partition coefficient (Wildman–Crippen LogP) is 4.71. The average molecular weight is 379 g/mol. The second-order valence-corrected chi connectivity index (χ2v) is 6.79. The topological polar surface area (TPSA) is 77.2 Å². The van der Waals surface area contributed by atoms with Crippen LogP contribution in [0.3, 0.4) is 0 Å².